The number of nitrogens with zero attached hydrogens (tertiary/aromatic N) is 1. The van der Waals surface area contributed by atoms with Gasteiger partial charge in [-0.25, -0.2) is 4.79 Å². The number of halogens is 1. The van der Waals surface area contributed by atoms with Crippen molar-refractivity contribution in [2.75, 3.05) is 19.4 Å². The average Bonchev–Trinajstić information content (AvgIpc) is 2.93. The van der Waals surface area contributed by atoms with Gasteiger partial charge in [-0.15, -0.1) is 0 Å². The molecule has 0 bridgehead atoms. The van der Waals surface area contributed by atoms with Gasteiger partial charge in [-0.2, -0.15) is 0 Å². The number of carbonyl (C=O) groups is 2. The van der Waals surface area contributed by atoms with Crippen LogP contribution in [0.5, 0.6) is 0 Å². The molecule has 0 spiro atoms. The van der Waals surface area contributed by atoms with Crippen LogP contribution in [0, 0.1) is 12.3 Å². The molecule has 0 fully saturated rings. The topological polar surface area (TPSA) is 74.6 Å². The minimum Gasteiger partial charge on any atom is -0.466 e. The molecule has 0 radical (unpaired) electrons. The van der Waals surface area contributed by atoms with Gasteiger partial charge < -0.3 is 20.0 Å². The lowest BCUT2D eigenvalue weighted by atomic mass is 9.75. The lowest BCUT2D eigenvalue weighted by molar-refractivity contribution is 0.0828. The van der Waals surface area contributed by atoms with E-state index >= 15 is 0 Å². The molecule has 2 aromatic rings. The Morgan fingerprint density at radius 2 is 1.96 bits per heavy atom. The highest BCUT2D eigenvalue weighted by molar-refractivity contribution is 6.31. The van der Waals surface area contributed by atoms with Crippen molar-refractivity contribution in [2.45, 2.75) is 39.7 Å². The van der Waals surface area contributed by atoms with Crippen molar-refractivity contribution in [3.8, 4) is 0 Å². The maximum Gasteiger partial charge on any atom is 0.319 e. The highest BCUT2D eigenvalue weighted by Crippen LogP contribution is 2.42. The maximum atomic E-state index is 12.7. The maximum absolute atomic E-state index is 12.7. The third-order valence-corrected chi connectivity index (χ3v) is 5.14. The first kappa shape index (κ1) is 20.3. The number of hydrogen-bond donors (Lipinski definition) is 2. The molecule has 0 saturated heterocycles. The molecule has 7 heteroatoms. The second-order valence-corrected chi connectivity index (χ2v) is 8.76. The second-order valence-electron chi connectivity index (χ2n) is 8.32. The largest absolute Gasteiger partial charge is 0.466 e. The SMILES string of the molecule is Cc1cc2c(o1)CC(C)(C)CC2NC(=O)Nc1cc(Cl)ccc1C(=O)N(C)C. The number of aryl methyl sites for hydroxylation is 1. The fourth-order valence-electron chi connectivity index (χ4n) is 3.68. The van der Waals surface area contributed by atoms with Crippen molar-refractivity contribution in [3.63, 3.8) is 0 Å². The molecule has 2 N–H and O–H groups in total. The van der Waals surface area contributed by atoms with Crippen molar-refractivity contribution in [3.05, 3.63) is 51.9 Å². The molecule has 1 aromatic heterocycles. The summed E-state index contributed by atoms with van der Waals surface area (Å²) in [5, 5.41) is 6.26. The molecule has 3 rings (SSSR count). The van der Waals surface area contributed by atoms with Crippen LogP contribution in [0.4, 0.5) is 10.5 Å². The Morgan fingerprint density at radius 3 is 2.64 bits per heavy atom. The second kappa shape index (κ2) is 7.51. The fraction of sp³-hybridized carbons (Fsp3) is 0.429. The summed E-state index contributed by atoms with van der Waals surface area (Å²) in [6, 6.07) is 6.25. The number of furan rings is 1. The normalized spacial score (nSPS) is 17.6. The minimum absolute atomic E-state index is 0.0113. The Kier molecular flexibility index (Phi) is 5.44. The Morgan fingerprint density at radius 1 is 1.25 bits per heavy atom. The molecule has 1 aliphatic rings. The van der Waals surface area contributed by atoms with Crippen LogP contribution in [-0.2, 0) is 6.42 Å². The summed E-state index contributed by atoms with van der Waals surface area (Å²) in [6.45, 7) is 6.23. The number of anilines is 1. The summed E-state index contributed by atoms with van der Waals surface area (Å²) in [4.78, 5) is 26.6. The van der Waals surface area contributed by atoms with Crippen LogP contribution >= 0.6 is 11.6 Å². The molecule has 150 valence electrons. The van der Waals surface area contributed by atoms with E-state index in [4.69, 9.17) is 16.0 Å². The Bertz CT molecular complexity index is 918. The van der Waals surface area contributed by atoms with E-state index < -0.39 is 0 Å². The van der Waals surface area contributed by atoms with E-state index in [0.717, 1.165) is 29.9 Å². The molecule has 1 unspecified atom stereocenters. The van der Waals surface area contributed by atoms with Crippen molar-refractivity contribution in [1.29, 1.82) is 0 Å². The lowest BCUT2D eigenvalue weighted by Gasteiger charge is -2.34. The zero-order valence-corrected chi connectivity index (χ0v) is 17.6. The number of amides is 3. The summed E-state index contributed by atoms with van der Waals surface area (Å²) in [5.74, 6) is 1.55. The summed E-state index contributed by atoms with van der Waals surface area (Å²) in [7, 11) is 3.32. The van der Waals surface area contributed by atoms with Crippen LogP contribution in [0.15, 0.2) is 28.7 Å². The van der Waals surface area contributed by atoms with Gasteiger partial charge in [-0.1, -0.05) is 25.4 Å². The first-order chi connectivity index (χ1) is 13.1. The van der Waals surface area contributed by atoms with Gasteiger partial charge in [-0.3, -0.25) is 4.79 Å². The predicted molar refractivity (Wildman–Crippen MR) is 110 cm³/mol. The number of nitrogens with one attached hydrogen (secondary N) is 2. The Labute approximate surface area is 170 Å². The van der Waals surface area contributed by atoms with Crippen LogP contribution in [0.2, 0.25) is 5.02 Å². The third-order valence-electron chi connectivity index (χ3n) is 4.91. The van der Waals surface area contributed by atoms with E-state index in [-0.39, 0.29) is 23.4 Å². The summed E-state index contributed by atoms with van der Waals surface area (Å²) in [5.41, 5.74) is 1.79. The van der Waals surface area contributed by atoms with Crippen LogP contribution in [-0.4, -0.2) is 30.9 Å². The van der Waals surface area contributed by atoms with Crippen LogP contribution in [0.25, 0.3) is 0 Å². The number of hydrogen-bond acceptors (Lipinski definition) is 3. The number of fused-ring (bicyclic) bond motifs is 1. The van der Waals surface area contributed by atoms with Gasteiger partial charge in [0.05, 0.1) is 17.3 Å². The Balaban J connectivity index is 1.82. The van der Waals surface area contributed by atoms with Gasteiger partial charge in [-0.05, 0) is 43.0 Å². The first-order valence-electron chi connectivity index (χ1n) is 9.24. The van der Waals surface area contributed by atoms with Crippen LogP contribution in [0.1, 0.15) is 53.8 Å². The van der Waals surface area contributed by atoms with Gasteiger partial charge >= 0.3 is 6.03 Å². The molecule has 3 amide bonds. The number of urea groups is 1. The molecule has 1 aromatic carbocycles. The molecule has 0 saturated carbocycles. The fourth-order valence-corrected chi connectivity index (χ4v) is 3.85. The van der Waals surface area contributed by atoms with Gasteiger partial charge in [0.2, 0.25) is 0 Å². The molecule has 1 atom stereocenters. The van der Waals surface area contributed by atoms with Crippen molar-refractivity contribution < 1.29 is 14.0 Å². The average molecular weight is 404 g/mol. The van der Waals surface area contributed by atoms with Gasteiger partial charge in [0.1, 0.15) is 11.5 Å². The van der Waals surface area contributed by atoms with E-state index in [2.05, 4.69) is 24.5 Å². The summed E-state index contributed by atoms with van der Waals surface area (Å²) in [6.07, 6.45) is 1.64. The van der Waals surface area contributed by atoms with E-state index in [0.29, 0.717) is 16.3 Å². The molecular weight excluding hydrogens is 378 g/mol. The summed E-state index contributed by atoms with van der Waals surface area (Å²) >= 11 is 6.07. The number of benzene rings is 1. The smallest absolute Gasteiger partial charge is 0.319 e. The lowest BCUT2D eigenvalue weighted by Crippen LogP contribution is -2.38. The minimum atomic E-state index is -0.387. The monoisotopic (exact) mass is 403 g/mol. The van der Waals surface area contributed by atoms with E-state index in [9.17, 15) is 9.59 Å². The Hall–Kier alpha value is -2.47. The molecule has 6 nitrogen and oxygen atoms in total. The number of rotatable bonds is 3. The zero-order valence-electron chi connectivity index (χ0n) is 16.9. The molecule has 1 heterocycles. The molecule has 1 aliphatic carbocycles. The first-order valence-corrected chi connectivity index (χ1v) is 9.61. The highest BCUT2D eigenvalue weighted by Gasteiger charge is 2.35. The van der Waals surface area contributed by atoms with E-state index in [1.54, 1.807) is 32.3 Å². The van der Waals surface area contributed by atoms with Gasteiger partial charge in [0, 0.05) is 31.1 Å². The van der Waals surface area contributed by atoms with Gasteiger partial charge in [0.25, 0.3) is 5.91 Å². The van der Waals surface area contributed by atoms with Crippen LogP contribution in [0.3, 0.4) is 0 Å². The molecular formula is C21H26ClN3O3. The van der Waals surface area contributed by atoms with Crippen molar-refractivity contribution >= 4 is 29.2 Å². The van der Waals surface area contributed by atoms with E-state index in [1.807, 2.05) is 13.0 Å². The predicted octanol–water partition coefficient (Wildman–Crippen LogP) is 4.78. The van der Waals surface area contributed by atoms with Crippen molar-refractivity contribution in [1.82, 2.24) is 10.2 Å². The van der Waals surface area contributed by atoms with Crippen LogP contribution < -0.4 is 10.6 Å². The standard InChI is InChI=1S/C21H26ClN3O3/c1-12-8-15-17(10-21(2,3)11-18(15)28-12)24-20(27)23-16-9-13(22)6-7-14(16)19(26)25(4)5/h6-9,17H,10-11H2,1-5H3,(H2,23,24,27). The van der Waals surface area contributed by atoms with Gasteiger partial charge in [0.15, 0.2) is 0 Å². The highest BCUT2D eigenvalue weighted by atomic mass is 35.5. The number of carbonyl (C=O) groups excluding carboxylic acids is 2. The summed E-state index contributed by atoms with van der Waals surface area (Å²) < 4.78 is 5.82. The molecule has 28 heavy (non-hydrogen) atoms. The molecule has 0 aliphatic heterocycles. The van der Waals surface area contributed by atoms with Crippen molar-refractivity contribution in [2.24, 2.45) is 5.41 Å². The van der Waals surface area contributed by atoms with E-state index in [1.165, 1.54) is 4.90 Å². The zero-order chi connectivity index (χ0) is 20.6. The third kappa shape index (κ3) is 4.33. The quantitative estimate of drug-likeness (QED) is 0.774.